The number of thiazole rings is 1. The van der Waals surface area contributed by atoms with Crippen LogP contribution in [0.25, 0.3) is 10.9 Å². The summed E-state index contributed by atoms with van der Waals surface area (Å²) in [6.45, 7) is 3.78. The van der Waals surface area contributed by atoms with Gasteiger partial charge in [0.2, 0.25) is 0 Å². The molecule has 2 N–H and O–H groups in total. The van der Waals surface area contributed by atoms with Gasteiger partial charge in [-0.15, -0.1) is 11.3 Å². The number of benzene rings is 1. The van der Waals surface area contributed by atoms with Crippen LogP contribution in [0.4, 0.5) is 0 Å². The van der Waals surface area contributed by atoms with Crippen LogP contribution < -0.4 is 5.32 Å². The molecule has 2 heterocycles. The minimum absolute atomic E-state index is 0.831. The van der Waals surface area contributed by atoms with E-state index in [1.165, 1.54) is 21.3 Å². The highest BCUT2D eigenvalue weighted by molar-refractivity contribution is 7.11. The Morgan fingerprint density at radius 1 is 1.28 bits per heavy atom. The normalized spacial score (nSPS) is 11.2. The van der Waals surface area contributed by atoms with Gasteiger partial charge in [-0.2, -0.15) is 0 Å². The van der Waals surface area contributed by atoms with E-state index < -0.39 is 0 Å². The number of fused-ring (bicyclic) bond motifs is 1. The smallest absolute Gasteiger partial charge is 0.107 e. The number of rotatable bonds is 4. The monoisotopic (exact) mass is 257 g/mol. The highest BCUT2D eigenvalue weighted by Crippen LogP contribution is 2.17. The van der Waals surface area contributed by atoms with Gasteiger partial charge in [0.25, 0.3) is 0 Å². The highest BCUT2D eigenvalue weighted by atomic mass is 32.1. The maximum Gasteiger partial charge on any atom is 0.107 e. The lowest BCUT2D eigenvalue weighted by atomic mass is 10.2. The number of para-hydroxylation sites is 1. The first-order chi connectivity index (χ1) is 8.83. The van der Waals surface area contributed by atoms with E-state index in [0.29, 0.717) is 0 Å². The second-order valence-corrected chi connectivity index (χ2v) is 5.65. The molecule has 0 spiro atoms. The molecular weight excluding hydrogens is 242 g/mol. The van der Waals surface area contributed by atoms with Crippen LogP contribution in [-0.2, 0) is 13.1 Å². The lowest BCUT2D eigenvalue weighted by Crippen LogP contribution is -2.12. The highest BCUT2D eigenvalue weighted by Gasteiger charge is 2.03. The molecule has 0 fully saturated rings. The predicted molar refractivity (Wildman–Crippen MR) is 75.7 cm³/mol. The van der Waals surface area contributed by atoms with E-state index in [1.54, 1.807) is 11.3 Å². The van der Waals surface area contributed by atoms with Gasteiger partial charge in [0.1, 0.15) is 5.01 Å². The lowest BCUT2D eigenvalue weighted by Gasteiger charge is -2.01. The molecule has 4 heteroatoms. The van der Waals surface area contributed by atoms with Crippen LogP contribution in [-0.4, -0.2) is 9.97 Å². The van der Waals surface area contributed by atoms with Crippen LogP contribution in [0.5, 0.6) is 0 Å². The summed E-state index contributed by atoms with van der Waals surface area (Å²) >= 11 is 1.75. The zero-order valence-corrected chi connectivity index (χ0v) is 11.1. The lowest BCUT2D eigenvalue weighted by molar-refractivity contribution is 0.693. The Morgan fingerprint density at radius 3 is 3.00 bits per heavy atom. The van der Waals surface area contributed by atoms with E-state index in [4.69, 9.17) is 0 Å². The summed E-state index contributed by atoms with van der Waals surface area (Å²) in [4.78, 5) is 8.90. The fourth-order valence-electron chi connectivity index (χ4n) is 2.07. The van der Waals surface area contributed by atoms with E-state index in [1.807, 2.05) is 12.3 Å². The fourth-order valence-corrected chi connectivity index (χ4v) is 2.82. The van der Waals surface area contributed by atoms with Crippen molar-refractivity contribution in [2.75, 3.05) is 0 Å². The number of nitrogens with one attached hydrogen (secondary N) is 2. The maximum absolute atomic E-state index is 4.35. The second kappa shape index (κ2) is 4.92. The van der Waals surface area contributed by atoms with E-state index in [2.05, 4.69) is 46.6 Å². The van der Waals surface area contributed by atoms with Crippen molar-refractivity contribution in [1.29, 1.82) is 0 Å². The Labute approximate surface area is 110 Å². The first-order valence-electron chi connectivity index (χ1n) is 6.00. The summed E-state index contributed by atoms with van der Waals surface area (Å²) in [5.74, 6) is 0. The Balaban J connectivity index is 1.66. The summed E-state index contributed by atoms with van der Waals surface area (Å²) in [6, 6.07) is 8.37. The van der Waals surface area contributed by atoms with Crippen molar-refractivity contribution >= 4 is 22.2 Å². The topological polar surface area (TPSA) is 40.7 Å². The summed E-state index contributed by atoms with van der Waals surface area (Å²) < 4.78 is 0. The van der Waals surface area contributed by atoms with Crippen molar-refractivity contribution < 1.29 is 0 Å². The average Bonchev–Trinajstić information content (AvgIpc) is 2.97. The molecule has 0 radical (unpaired) electrons. The maximum atomic E-state index is 4.35. The SMILES string of the molecule is Cc1cnc(CNCc2c[nH]c3ccccc23)s1. The summed E-state index contributed by atoms with van der Waals surface area (Å²) in [6.07, 6.45) is 4.00. The molecule has 0 unspecified atom stereocenters. The van der Waals surface area contributed by atoms with Gasteiger partial charge in [0, 0.05) is 41.3 Å². The van der Waals surface area contributed by atoms with Gasteiger partial charge in [-0.1, -0.05) is 18.2 Å². The third kappa shape index (κ3) is 2.30. The number of aromatic amines is 1. The number of aryl methyl sites for hydroxylation is 1. The molecule has 18 heavy (non-hydrogen) atoms. The molecular formula is C14H15N3S. The van der Waals surface area contributed by atoms with Gasteiger partial charge in [-0.05, 0) is 18.6 Å². The Morgan fingerprint density at radius 2 is 2.17 bits per heavy atom. The van der Waals surface area contributed by atoms with Crippen LogP contribution in [0.15, 0.2) is 36.7 Å². The molecule has 92 valence electrons. The van der Waals surface area contributed by atoms with Gasteiger partial charge in [-0.25, -0.2) is 4.98 Å². The molecule has 0 aliphatic heterocycles. The number of aromatic nitrogens is 2. The van der Waals surface area contributed by atoms with Crippen molar-refractivity contribution in [1.82, 2.24) is 15.3 Å². The standard InChI is InChI=1S/C14H15N3S/c1-10-6-17-14(18-10)9-15-7-11-8-16-13-5-3-2-4-12(11)13/h2-6,8,15-16H,7,9H2,1H3. The number of hydrogen-bond acceptors (Lipinski definition) is 3. The quantitative estimate of drug-likeness (QED) is 0.753. The van der Waals surface area contributed by atoms with Gasteiger partial charge in [-0.3, -0.25) is 0 Å². The molecule has 0 amide bonds. The third-order valence-electron chi connectivity index (χ3n) is 2.94. The van der Waals surface area contributed by atoms with Crippen molar-refractivity contribution in [2.45, 2.75) is 20.0 Å². The Hall–Kier alpha value is -1.65. The predicted octanol–water partition coefficient (Wildman–Crippen LogP) is 3.22. The zero-order chi connectivity index (χ0) is 12.4. The van der Waals surface area contributed by atoms with Crippen molar-refractivity contribution in [3.63, 3.8) is 0 Å². The van der Waals surface area contributed by atoms with Crippen LogP contribution in [0.3, 0.4) is 0 Å². The number of hydrogen-bond donors (Lipinski definition) is 2. The fraction of sp³-hybridized carbons (Fsp3) is 0.214. The van der Waals surface area contributed by atoms with E-state index in [-0.39, 0.29) is 0 Å². The molecule has 3 aromatic rings. The van der Waals surface area contributed by atoms with E-state index >= 15 is 0 Å². The minimum Gasteiger partial charge on any atom is -0.361 e. The molecule has 0 saturated heterocycles. The van der Waals surface area contributed by atoms with E-state index in [9.17, 15) is 0 Å². The van der Waals surface area contributed by atoms with Gasteiger partial charge >= 0.3 is 0 Å². The summed E-state index contributed by atoms with van der Waals surface area (Å²) in [7, 11) is 0. The van der Waals surface area contributed by atoms with Crippen molar-refractivity contribution in [2.24, 2.45) is 0 Å². The molecule has 3 rings (SSSR count). The largest absolute Gasteiger partial charge is 0.361 e. The number of H-pyrrole nitrogens is 1. The summed E-state index contributed by atoms with van der Waals surface area (Å²) in [5, 5.41) is 5.88. The Kier molecular flexibility index (Phi) is 3.13. The van der Waals surface area contributed by atoms with Crippen LogP contribution >= 0.6 is 11.3 Å². The molecule has 1 aromatic carbocycles. The van der Waals surface area contributed by atoms with Crippen molar-refractivity contribution in [3.05, 3.63) is 52.1 Å². The third-order valence-corrected chi connectivity index (χ3v) is 3.85. The van der Waals surface area contributed by atoms with Crippen LogP contribution in [0.2, 0.25) is 0 Å². The zero-order valence-electron chi connectivity index (χ0n) is 10.2. The molecule has 0 saturated carbocycles. The van der Waals surface area contributed by atoms with Gasteiger partial charge in [0.15, 0.2) is 0 Å². The molecule has 3 nitrogen and oxygen atoms in total. The Bertz CT molecular complexity index is 654. The van der Waals surface area contributed by atoms with Gasteiger partial charge in [0.05, 0.1) is 0 Å². The second-order valence-electron chi connectivity index (χ2n) is 4.33. The minimum atomic E-state index is 0.831. The average molecular weight is 257 g/mol. The number of nitrogens with zero attached hydrogens (tertiary/aromatic N) is 1. The van der Waals surface area contributed by atoms with E-state index in [0.717, 1.165) is 18.1 Å². The molecule has 2 aromatic heterocycles. The molecule has 0 atom stereocenters. The van der Waals surface area contributed by atoms with Crippen LogP contribution in [0.1, 0.15) is 15.4 Å². The molecule has 0 bridgehead atoms. The van der Waals surface area contributed by atoms with Crippen molar-refractivity contribution in [3.8, 4) is 0 Å². The molecule has 0 aliphatic carbocycles. The van der Waals surface area contributed by atoms with Gasteiger partial charge < -0.3 is 10.3 Å². The first kappa shape index (κ1) is 11.4. The summed E-state index contributed by atoms with van der Waals surface area (Å²) in [5.41, 5.74) is 2.50. The van der Waals surface area contributed by atoms with Crippen LogP contribution in [0, 0.1) is 6.92 Å². The first-order valence-corrected chi connectivity index (χ1v) is 6.81. The molecule has 0 aliphatic rings.